The summed E-state index contributed by atoms with van der Waals surface area (Å²) in [4.78, 5) is 36.0. The van der Waals surface area contributed by atoms with E-state index in [4.69, 9.17) is 29.7 Å². The van der Waals surface area contributed by atoms with Gasteiger partial charge in [-0.05, 0) is 57.0 Å². The van der Waals surface area contributed by atoms with Crippen molar-refractivity contribution in [1.82, 2.24) is 14.8 Å². The summed E-state index contributed by atoms with van der Waals surface area (Å²) in [7, 11) is 2.33. The van der Waals surface area contributed by atoms with Crippen LogP contribution in [0.3, 0.4) is 0 Å². The predicted molar refractivity (Wildman–Crippen MR) is 119 cm³/mol. The first kappa shape index (κ1) is 36.8. The van der Waals surface area contributed by atoms with E-state index in [1.54, 1.807) is 0 Å². The number of rotatable bonds is 2. The largest absolute Gasteiger partial charge is 0.490 e. The van der Waals surface area contributed by atoms with Crippen LogP contribution >= 0.6 is 0 Å². The van der Waals surface area contributed by atoms with E-state index in [9.17, 15) is 39.5 Å². The van der Waals surface area contributed by atoms with Gasteiger partial charge in [-0.3, -0.25) is 9.88 Å². The molecule has 0 aliphatic carbocycles. The van der Waals surface area contributed by atoms with Gasteiger partial charge in [0.2, 0.25) is 0 Å². The molecule has 0 amide bonds. The number of likely N-dealkylation sites (tertiary alicyclic amines) is 2. The molecule has 1 spiro atoms. The fraction of sp³-hybridized carbons (Fsp3) is 0.636. The van der Waals surface area contributed by atoms with Crippen LogP contribution in [0, 0.1) is 0 Å². The van der Waals surface area contributed by atoms with Crippen LogP contribution in [0.4, 0.5) is 39.5 Å². The number of aromatic nitrogens is 1. The van der Waals surface area contributed by atoms with Gasteiger partial charge in [-0.15, -0.1) is 0 Å². The Bertz CT molecular complexity index is 876. The Morgan fingerprint density at radius 1 is 0.750 bits per heavy atom. The molecule has 0 atom stereocenters. The van der Waals surface area contributed by atoms with Crippen molar-refractivity contribution in [3.8, 4) is 0 Å². The minimum Gasteiger partial charge on any atom is -0.475 e. The maximum Gasteiger partial charge on any atom is 0.490 e. The molecule has 18 heteroatoms. The lowest BCUT2D eigenvalue weighted by Crippen LogP contribution is -2.55. The van der Waals surface area contributed by atoms with Crippen molar-refractivity contribution in [3.63, 3.8) is 0 Å². The Balaban J connectivity index is 0.000000603. The maximum atomic E-state index is 10.6. The summed E-state index contributed by atoms with van der Waals surface area (Å²) in [5, 5.41) is 21.4. The molecule has 40 heavy (non-hydrogen) atoms. The topological polar surface area (TPSA) is 131 Å². The van der Waals surface area contributed by atoms with Crippen molar-refractivity contribution < 1.29 is 69.2 Å². The number of carboxylic acids is 3. The average molecular weight is 601 g/mol. The van der Waals surface area contributed by atoms with Crippen molar-refractivity contribution in [2.75, 3.05) is 26.7 Å². The Labute approximate surface area is 222 Å². The molecule has 9 nitrogen and oxygen atoms in total. The Morgan fingerprint density at radius 3 is 1.45 bits per heavy atom. The van der Waals surface area contributed by atoms with Gasteiger partial charge in [0.15, 0.2) is 0 Å². The van der Waals surface area contributed by atoms with Gasteiger partial charge in [0.25, 0.3) is 0 Å². The van der Waals surface area contributed by atoms with E-state index < -0.39 is 36.4 Å². The summed E-state index contributed by atoms with van der Waals surface area (Å²) >= 11 is 0. The fourth-order valence-electron chi connectivity index (χ4n) is 3.74. The number of aliphatic carboxylic acids is 3. The van der Waals surface area contributed by atoms with Crippen LogP contribution in [0.2, 0.25) is 0 Å². The summed E-state index contributed by atoms with van der Waals surface area (Å²) in [6.07, 6.45) is -4.55. The summed E-state index contributed by atoms with van der Waals surface area (Å²) < 4.78 is 95.2. The van der Waals surface area contributed by atoms with Crippen molar-refractivity contribution >= 4 is 17.9 Å². The van der Waals surface area contributed by atoms with E-state index in [1.165, 1.54) is 57.3 Å². The van der Waals surface area contributed by atoms with Gasteiger partial charge >= 0.3 is 36.4 Å². The molecule has 0 unspecified atom stereocenters. The Kier molecular flexibility index (Phi) is 14.4. The lowest BCUT2D eigenvalue weighted by atomic mass is 9.79. The van der Waals surface area contributed by atoms with E-state index in [2.05, 4.69) is 34.0 Å². The van der Waals surface area contributed by atoms with Gasteiger partial charge in [0, 0.05) is 37.6 Å². The van der Waals surface area contributed by atoms with Gasteiger partial charge in [-0.1, -0.05) is 6.42 Å². The number of hydrogen-bond donors (Lipinski definition) is 3. The lowest BCUT2D eigenvalue weighted by molar-refractivity contribution is -0.193. The molecule has 230 valence electrons. The highest BCUT2D eigenvalue weighted by molar-refractivity contribution is 5.73. The maximum absolute atomic E-state index is 10.6. The van der Waals surface area contributed by atoms with Crippen LogP contribution in [0.5, 0.6) is 0 Å². The molecule has 2 aliphatic heterocycles. The third-order valence-electron chi connectivity index (χ3n) is 5.87. The highest BCUT2D eigenvalue weighted by atomic mass is 19.4. The number of carbonyl (C=O) groups is 3. The number of carboxylic acid groups (broad SMARTS) is 3. The summed E-state index contributed by atoms with van der Waals surface area (Å²) in [5.74, 6) is -8.27. The van der Waals surface area contributed by atoms with Gasteiger partial charge in [-0.2, -0.15) is 39.5 Å². The highest BCUT2D eigenvalue weighted by Crippen LogP contribution is 2.36. The van der Waals surface area contributed by atoms with Crippen molar-refractivity contribution in [2.45, 2.75) is 62.7 Å². The SMILES string of the molecule is CN1CCCCC12CCN(Cc1ccncc1)CC2.O=C(O)C(F)(F)F.O=C(O)C(F)(F)F.O=C(O)C(F)(F)F. The predicted octanol–water partition coefficient (Wildman–Crippen LogP) is 4.43. The second-order valence-electron chi connectivity index (χ2n) is 8.64. The first-order valence-corrected chi connectivity index (χ1v) is 11.3. The zero-order valence-electron chi connectivity index (χ0n) is 21.0. The number of piperidine rings is 2. The molecule has 0 radical (unpaired) electrons. The number of hydrogen-bond acceptors (Lipinski definition) is 6. The lowest BCUT2D eigenvalue weighted by Gasteiger charge is -2.50. The molecule has 1 aromatic rings. The first-order valence-electron chi connectivity index (χ1n) is 11.3. The quantitative estimate of drug-likeness (QED) is 0.422. The summed E-state index contributed by atoms with van der Waals surface area (Å²) in [6, 6.07) is 4.27. The molecule has 2 fully saturated rings. The van der Waals surface area contributed by atoms with Crippen molar-refractivity contribution in [2.24, 2.45) is 0 Å². The normalized spacial score (nSPS) is 17.6. The zero-order valence-corrected chi connectivity index (χ0v) is 21.0. The summed E-state index contributed by atoms with van der Waals surface area (Å²) in [6.45, 7) is 4.87. The highest BCUT2D eigenvalue weighted by Gasteiger charge is 2.40. The van der Waals surface area contributed by atoms with Gasteiger partial charge in [0.1, 0.15) is 0 Å². The molecule has 0 bridgehead atoms. The molecule has 3 heterocycles. The molecule has 0 aromatic carbocycles. The number of halogens is 9. The smallest absolute Gasteiger partial charge is 0.475 e. The molecule has 3 N–H and O–H groups in total. The Hall–Kier alpha value is -3.15. The second-order valence-corrected chi connectivity index (χ2v) is 8.64. The van der Waals surface area contributed by atoms with Crippen molar-refractivity contribution in [3.05, 3.63) is 30.1 Å². The third-order valence-corrected chi connectivity index (χ3v) is 5.87. The van der Waals surface area contributed by atoms with Gasteiger partial charge in [0.05, 0.1) is 0 Å². The van der Waals surface area contributed by atoms with Crippen LogP contribution in [-0.4, -0.2) is 98.8 Å². The molecule has 2 aliphatic rings. The van der Waals surface area contributed by atoms with E-state index in [-0.39, 0.29) is 0 Å². The number of alkyl halides is 9. The van der Waals surface area contributed by atoms with Gasteiger partial charge in [-0.25, -0.2) is 14.4 Å². The van der Waals surface area contributed by atoms with Crippen LogP contribution in [0.15, 0.2) is 24.5 Å². The second kappa shape index (κ2) is 15.6. The molecule has 1 aromatic heterocycles. The van der Waals surface area contributed by atoms with Gasteiger partial charge < -0.3 is 20.2 Å². The third kappa shape index (κ3) is 14.3. The Morgan fingerprint density at radius 2 is 1.12 bits per heavy atom. The van der Waals surface area contributed by atoms with E-state index in [0.717, 1.165) is 6.54 Å². The molecule has 3 rings (SSSR count). The number of nitrogens with zero attached hydrogens (tertiary/aromatic N) is 3. The zero-order chi connectivity index (χ0) is 31.4. The van der Waals surface area contributed by atoms with E-state index in [1.807, 2.05) is 12.4 Å². The molecule has 0 saturated carbocycles. The molecular weight excluding hydrogens is 573 g/mol. The minimum atomic E-state index is -5.08. The van der Waals surface area contributed by atoms with Crippen LogP contribution in [0.1, 0.15) is 37.7 Å². The monoisotopic (exact) mass is 601 g/mol. The summed E-state index contributed by atoms with van der Waals surface area (Å²) in [5.41, 5.74) is 1.91. The molecule has 2 saturated heterocycles. The minimum absolute atomic E-state index is 0.521. The van der Waals surface area contributed by atoms with E-state index >= 15 is 0 Å². The van der Waals surface area contributed by atoms with Crippen molar-refractivity contribution in [1.29, 1.82) is 0 Å². The first-order chi connectivity index (χ1) is 18.1. The van der Waals surface area contributed by atoms with Crippen LogP contribution in [0.25, 0.3) is 0 Å². The van der Waals surface area contributed by atoms with Crippen LogP contribution in [-0.2, 0) is 20.9 Å². The number of pyridine rings is 1. The van der Waals surface area contributed by atoms with E-state index in [0.29, 0.717) is 5.54 Å². The molecular formula is C22H28F9N3O6. The fourth-order valence-corrected chi connectivity index (χ4v) is 3.74. The standard InChI is InChI=1S/C16H25N3.3C2HF3O2/c1-18-11-3-2-6-16(18)7-12-19(13-8-16)14-15-4-9-17-10-5-15;3*3-2(4,5)1(6)7/h4-5,9-10H,2-3,6-8,11-14H2,1H3;3*(H,6,7). The average Bonchev–Trinajstić information content (AvgIpc) is 2.82. The van der Waals surface area contributed by atoms with Crippen LogP contribution < -0.4 is 0 Å².